The van der Waals surface area contributed by atoms with E-state index in [1.807, 2.05) is 42.2 Å². The third-order valence-electron chi connectivity index (χ3n) is 6.07. The standard InChI is InChI=1S/C23H29N3O2/c1-4-28-19-10-8-18(9-11-19)26-15-17-13-23(2,3)21(26)16-25(14-17)22(27)20-7-5-6-12-24-20/h5-12,17,21H,4,13-16H2,1-3H3/t17?,21-/m1/s1. The fourth-order valence-corrected chi connectivity index (χ4v) is 4.84. The Bertz CT molecular complexity index is 820. The van der Waals surface area contributed by atoms with Gasteiger partial charge in [0, 0.05) is 31.5 Å². The van der Waals surface area contributed by atoms with Crippen LogP contribution in [0, 0.1) is 11.3 Å². The summed E-state index contributed by atoms with van der Waals surface area (Å²) in [5, 5.41) is 0. The smallest absolute Gasteiger partial charge is 0.272 e. The largest absolute Gasteiger partial charge is 0.494 e. The van der Waals surface area contributed by atoms with Gasteiger partial charge in [-0.1, -0.05) is 19.9 Å². The van der Waals surface area contributed by atoms with Crippen LogP contribution in [0.3, 0.4) is 0 Å². The van der Waals surface area contributed by atoms with Gasteiger partial charge in [0.05, 0.1) is 12.6 Å². The Morgan fingerprint density at radius 3 is 2.61 bits per heavy atom. The van der Waals surface area contributed by atoms with Crippen LogP contribution in [0.2, 0.25) is 0 Å². The lowest BCUT2D eigenvalue weighted by molar-refractivity contribution is 0.0740. The van der Waals surface area contributed by atoms with Crippen molar-refractivity contribution in [1.82, 2.24) is 9.88 Å². The second-order valence-corrected chi connectivity index (χ2v) is 8.58. The van der Waals surface area contributed by atoms with E-state index < -0.39 is 0 Å². The highest BCUT2D eigenvalue weighted by atomic mass is 16.5. The summed E-state index contributed by atoms with van der Waals surface area (Å²) in [6.07, 6.45) is 2.83. The van der Waals surface area contributed by atoms with Crippen LogP contribution in [0.15, 0.2) is 48.7 Å². The molecule has 4 heterocycles. The van der Waals surface area contributed by atoms with Gasteiger partial charge in [0.25, 0.3) is 5.91 Å². The molecular formula is C23H29N3O2. The van der Waals surface area contributed by atoms with Crippen molar-refractivity contribution in [3.8, 4) is 5.75 Å². The Hall–Kier alpha value is -2.56. The number of carbonyl (C=O) groups excluding carboxylic acids is 1. The van der Waals surface area contributed by atoms with Crippen molar-refractivity contribution >= 4 is 11.6 Å². The van der Waals surface area contributed by atoms with E-state index in [0.29, 0.717) is 18.2 Å². The first kappa shape index (κ1) is 18.8. The topological polar surface area (TPSA) is 45.7 Å². The highest BCUT2D eigenvalue weighted by Crippen LogP contribution is 2.43. The van der Waals surface area contributed by atoms with E-state index in [0.717, 1.165) is 31.8 Å². The Labute approximate surface area is 167 Å². The van der Waals surface area contributed by atoms with E-state index in [-0.39, 0.29) is 17.4 Å². The second kappa shape index (κ2) is 7.46. The van der Waals surface area contributed by atoms with Gasteiger partial charge < -0.3 is 14.5 Å². The molecule has 2 bridgehead atoms. The summed E-state index contributed by atoms with van der Waals surface area (Å²) >= 11 is 0. The molecule has 0 aliphatic carbocycles. The quantitative estimate of drug-likeness (QED) is 0.809. The number of hydrogen-bond donors (Lipinski definition) is 0. The average molecular weight is 380 g/mol. The molecule has 28 heavy (non-hydrogen) atoms. The number of aromatic nitrogens is 1. The number of fused-ring (bicyclic) bond motifs is 4. The van der Waals surface area contributed by atoms with Gasteiger partial charge in [0.1, 0.15) is 11.4 Å². The van der Waals surface area contributed by atoms with Gasteiger partial charge in [0.2, 0.25) is 0 Å². The minimum atomic E-state index is 0.0434. The molecule has 0 N–H and O–H groups in total. The number of piperidine rings is 1. The first-order valence-electron chi connectivity index (χ1n) is 10.2. The Kier molecular flexibility index (Phi) is 5.00. The maximum atomic E-state index is 13.1. The molecule has 5 rings (SSSR count). The second-order valence-electron chi connectivity index (χ2n) is 8.58. The number of nitrogens with zero attached hydrogens (tertiary/aromatic N) is 3. The molecule has 2 aromatic rings. The molecule has 5 nitrogen and oxygen atoms in total. The van der Waals surface area contributed by atoms with Crippen molar-refractivity contribution in [2.75, 3.05) is 31.1 Å². The van der Waals surface area contributed by atoms with Gasteiger partial charge in [-0.3, -0.25) is 9.78 Å². The van der Waals surface area contributed by atoms with E-state index in [1.54, 1.807) is 6.20 Å². The first-order chi connectivity index (χ1) is 13.5. The van der Waals surface area contributed by atoms with Gasteiger partial charge >= 0.3 is 0 Å². The van der Waals surface area contributed by atoms with Gasteiger partial charge in [0.15, 0.2) is 0 Å². The summed E-state index contributed by atoms with van der Waals surface area (Å²) < 4.78 is 5.59. The number of benzene rings is 1. The minimum absolute atomic E-state index is 0.0434. The van der Waals surface area contributed by atoms with Crippen molar-refractivity contribution in [2.45, 2.75) is 33.2 Å². The van der Waals surface area contributed by atoms with Crippen molar-refractivity contribution in [3.63, 3.8) is 0 Å². The van der Waals surface area contributed by atoms with Crippen LogP contribution in [0.4, 0.5) is 5.69 Å². The molecule has 148 valence electrons. The summed E-state index contributed by atoms with van der Waals surface area (Å²) in [6.45, 7) is 9.84. The highest BCUT2D eigenvalue weighted by Gasteiger charge is 2.46. The summed E-state index contributed by atoms with van der Waals surface area (Å²) in [6, 6.07) is 14.2. The molecular weight excluding hydrogens is 350 g/mol. The van der Waals surface area contributed by atoms with Crippen LogP contribution in [-0.4, -0.2) is 48.1 Å². The molecule has 1 aromatic heterocycles. The maximum Gasteiger partial charge on any atom is 0.272 e. The lowest BCUT2D eigenvalue weighted by Gasteiger charge is -2.48. The van der Waals surface area contributed by atoms with Gasteiger partial charge in [-0.25, -0.2) is 0 Å². The van der Waals surface area contributed by atoms with Gasteiger partial charge in [-0.15, -0.1) is 0 Å². The van der Waals surface area contributed by atoms with E-state index >= 15 is 0 Å². The van der Waals surface area contributed by atoms with Crippen LogP contribution in [0.1, 0.15) is 37.7 Å². The Morgan fingerprint density at radius 1 is 1.14 bits per heavy atom. The number of hydrogen-bond acceptors (Lipinski definition) is 4. The zero-order valence-electron chi connectivity index (χ0n) is 17.0. The molecule has 2 atom stereocenters. The summed E-state index contributed by atoms with van der Waals surface area (Å²) in [7, 11) is 0. The third-order valence-corrected chi connectivity index (χ3v) is 6.07. The summed E-state index contributed by atoms with van der Waals surface area (Å²) in [4.78, 5) is 21.9. The monoisotopic (exact) mass is 379 g/mol. The Balaban J connectivity index is 1.61. The lowest BCUT2D eigenvalue weighted by Crippen LogP contribution is -2.54. The first-order valence-corrected chi connectivity index (χ1v) is 10.2. The number of amides is 1. The van der Waals surface area contributed by atoms with Gasteiger partial charge in [-0.05, 0) is 61.1 Å². The molecule has 3 saturated heterocycles. The van der Waals surface area contributed by atoms with Crippen LogP contribution >= 0.6 is 0 Å². The fourth-order valence-electron chi connectivity index (χ4n) is 4.84. The van der Waals surface area contributed by atoms with E-state index in [9.17, 15) is 4.79 Å². The molecule has 0 radical (unpaired) electrons. The molecule has 3 aliphatic heterocycles. The average Bonchev–Trinajstić information content (AvgIpc) is 2.96. The van der Waals surface area contributed by atoms with Gasteiger partial charge in [-0.2, -0.15) is 0 Å². The van der Waals surface area contributed by atoms with E-state index in [1.165, 1.54) is 5.69 Å². The zero-order chi connectivity index (χ0) is 19.7. The molecule has 0 saturated carbocycles. The van der Waals surface area contributed by atoms with Crippen LogP contribution < -0.4 is 9.64 Å². The molecule has 0 spiro atoms. The highest BCUT2D eigenvalue weighted by molar-refractivity contribution is 5.92. The third kappa shape index (κ3) is 3.58. The number of ether oxygens (including phenoxy) is 1. The van der Waals surface area contributed by atoms with Crippen LogP contribution in [-0.2, 0) is 0 Å². The number of carbonyl (C=O) groups is 1. The predicted octanol–water partition coefficient (Wildman–Crippen LogP) is 3.86. The SMILES string of the molecule is CCOc1ccc(N2CC3CN(C(=O)c4ccccn4)C[C@@H]2C(C)(C)C3)cc1. The molecule has 1 aromatic carbocycles. The van der Waals surface area contributed by atoms with E-state index in [4.69, 9.17) is 4.74 Å². The van der Waals surface area contributed by atoms with Crippen molar-refractivity contribution in [3.05, 3.63) is 54.4 Å². The van der Waals surface area contributed by atoms with Crippen molar-refractivity contribution in [1.29, 1.82) is 0 Å². The molecule has 3 fully saturated rings. The normalized spacial score (nSPS) is 23.4. The lowest BCUT2D eigenvalue weighted by atomic mass is 9.73. The molecule has 1 amide bonds. The van der Waals surface area contributed by atoms with Crippen molar-refractivity contribution in [2.24, 2.45) is 11.3 Å². The van der Waals surface area contributed by atoms with E-state index in [2.05, 4.69) is 35.9 Å². The van der Waals surface area contributed by atoms with Crippen molar-refractivity contribution < 1.29 is 9.53 Å². The summed E-state index contributed by atoms with van der Waals surface area (Å²) in [5.41, 5.74) is 1.88. The fraction of sp³-hybridized carbons (Fsp3) is 0.478. The summed E-state index contributed by atoms with van der Waals surface area (Å²) in [5.74, 6) is 1.40. The van der Waals surface area contributed by atoms with Crippen LogP contribution in [0.25, 0.3) is 0 Å². The number of anilines is 1. The zero-order valence-corrected chi connectivity index (χ0v) is 17.0. The van der Waals surface area contributed by atoms with Crippen LogP contribution in [0.5, 0.6) is 5.75 Å². The number of rotatable bonds is 4. The minimum Gasteiger partial charge on any atom is -0.494 e. The maximum absolute atomic E-state index is 13.1. The predicted molar refractivity (Wildman–Crippen MR) is 111 cm³/mol. The Morgan fingerprint density at radius 2 is 1.93 bits per heavy atom. The molecule has 5 heteroatoms. The molecule has 1 unspecified atom stereocenters. The number of pyridine rings is 1. The molecule has 3 aliphatic rings.